The van der Waals surface area contributed by atoms with Gasteiger partial charge in [0.25, 0.3) is 0 Å². The summed E-state index contributed by atoms with van der Waals surface area (Å²) >= 11 is 0. The number of carbonyl (C=O) groups excluding carboxylic acids is 1. The SMILES string of the molecule is CC(C#N)S(=O)(=O)N1CCC(N=C=O)CC1. The van der Waals surface area contributed by atoms with E-state index in [1.807, 2.05) is 0 Å². The summed E-state index contributed by atoms with van der Waals surface area (Å²) in [5.41, 5.74) is 0. The second kappa shape index (κ2) is 5.21. The summed E-state index contributed by atoms with van der Waals surface area (Å²) in [5, 5.41) is 7.58. The van der Waals surface area contributed by atoms with Gasteiger partial charge in [0.05, 0.1) is 12.1 Å². The molecular weight excluding hydrogens is 230 g/mol. The van der Waals surface area contributed by atoms with Crippen LogP contribution in [0.15, 0.2) is 4.99 Å². The number of isocyanates is 1. The third kappa shape index (κ3) is 2.67. The number of piperidine rings is 1. The van der Waals surface area contributed by atoms with E-state index in [4.69, 9.17) is 5.26 Å². The monoisotopic (exact) mass is 243 g/mol. The van der Waals surface area contributed by atoms with E-state index in [2.05, 4.69) is 4.99 Å². The molecule has 1 aliphatic rings. The van der Waals surface area contributed by atoms with Gasteiger partial charge in [-0.25, -0.2) is 22.5 Å². The normalized spacial score (nSPS) is 20.8. The second-order valence-corrected chi connectivity index (χ2v) is 5.92. The quantitative estimate of drug-likeness (QED) is 0.516. The highest BCUT2D eigenvalue weighted by molar-refractivity contribution is 7.89. The first-order chi connectivity index (χ1) is 7.52. The number of hydrogen-bond donors (Lipinski definition) is 0. The van der Waals surface area contributed by atoms with E-state index in [0.29, 0.717) is 25.9 Å². The first kappa shape index (κ1) is 12.8. The molecule has 0 aromatic carbocycles. The maximum atomic E-state index is 11.8. The standard InChI is InChI=1S/C9H13N3O3S/c1-8(6-10)16(14,15)12-4-2-9(3-5-12)11-7-13/h8-9H,2-5H2,1H3. The third-order valence-corrected chi connectivity index (χ3v) is 4.73. The molecule has 6 nitrogen and oxygen atoms in total. The van der Waals surface area contributed by atoms with Gasteiger partial charge in [0.15, 0.2) is 5.25 Å². The fourth-order valence-corrected chi connectivity index (χ4v) is 2.89. The lowest BCUT2D eigenvalue weighted by Gasteiger charge is -2.29. The predicted molar refractivity (Wildman–Crippen MR) is 56.7 cm³/mol. The first-order valence-electron chi connectivity index (χ1n) is 4.98. The van der Waals surface area contributed by atoms with Gasteiger partial charge in [-0.3, -0.25) is 0 Å². The number of sulfonamides is 1. The van der Waals surface area contributed by atoms with Gasteiger partial charge in [0, 0.05) is 13.1 Å². The van der Waals surface area contributed by atoms with Crippen LogP contribution < -0.4 is 0 Å². The smallest absolute Gasteiger partial charge is 0.211 e. The van der Waals surface area contributed by atoms with E-state index in [1.54, 1.807) is 6.07 Å². The molecule has 0 spiro atoms. The number of rotatable bonds is 3. The zero-order valence-electron chi connectivity index (χ0n) is 8.96. The summed E-state index contributed by atoms with van der Waals surface area (Å²) in [6.45, 7) is 1.99. The van der Waals surface area contributed by atoms with Crippen molar-refractivity contribution in [3.05, 3.63) is 0 Å². The highest BCUT2D eigenvalue weighted by Gasteiger charge is 2.32. The largest absolute Gasteiger partial charge is 0.235 e. The predicted octanol–water partition coefficient (Wildman–Crippen LogP) is 0.0285. The lowest BCUT2D eigenvalue weighted by atomic mass is 10.1. The molecule has 16 heavy (non-hydrogen) atoms. The Kier molecular flexibility index (Phi) is 4.19. The van der Waals surface area contributed by atoms with Gasteiger partial charge in [-0.2, -0.15) is 5.26 Å². The Balaban J connectivity index is 2.68. The van der Waals surface area contributed by atoms with E-state index in [0.717, 1.165) is 0 Å². The molecule has 7 heteroatoms. The Bertz CT molecular complexity index is 425. The molecule has 0 radical (unpaired) electrons. The summed E-state index contributed by atoms with van der Waals surface area (Å²) in [6, 6.07) is 1.59. The molecule has 1 atom stereocenters. The van der Waals surface area contributed by atoms with Crippen LogP contribution in [0.2, 0.25) is 0 Å². The Morgan fingerprint density at radius 3 is 2.44 bits per heavy atom. The minimum absolute atomic E-state index is 0.138. The van der Waals surface area contributed by atoms with Crippen LogP contribution in [0.3, 0.4) is 0 Å². The second-order valence-electron chi connectivity index (χ2n) is 3.67. The molecule has 0 aromatic rings. The number of hydrogen-bond acceptors (Lipinski definition) is 5. The van der Waals surface area contributed by atoms with Crippen LogP contribution >= 0.6 is 0 Å². The van der Waals surface area contributed by atoms with Crippen LogP contribution in [0.1, 0.15) is 19.8 Å². The summed E-state index contributed by atoms with van der Waals surface area (Å²) < 4.78 is 24.8. The van der Waals surface area contributed by atoms with Crippen molar-refractivity contribution in [2.75, 3.05) is 13.1 Å². The van der Waals surface area contributed by atoms with Crippen LogP contribution in [0.5, 0.6) is 0 Å². The lowest BCUT2D eigenvalue weighted by molar-refractivity contribution is 0.319. The van der Waals surface area contributed by atoms with Crippen LogP contribution in [-0.2, 0) is 14.8 Å². The molecule has 1 heterocycles. The van der Waals surface area contributed by atoms with Crippen molar-refractivity contribution in [1.29, 1.82) is 5.26 Å². The van der Waals surface area contributed by atoms with E-state index >= 15 is 0 Å². The highest BCUT2D eigenvalue weighted by atomic mass is 32.2. The van der Waals surface area contributed by atoms with Gasteiger partial charge in [0.2, 0.25) is 16.1 Å². The molecule has 0 amide bonds. The van der Waals surface area contributed by atoms with Gasteiger partial charge in [-0.15, -0.1) is 0 Å². The van der Waals surface area contributed by atoms with Crippen molar-refractivity contribution in [1.82, 2.24) is 4.31 Å². The van der Waals surface area contributed by atoms with Gasteiger partial charge in [-0.1, -0.05) is 0 Å². The van der Waals surface area contributed by atoms with Crippen LogP contribution in [0, 0.1) is 11.3 Å². The molecule has 0 aromatic heterocycles. The van der Waals surface area contributed by atoms with Crippen molar-refractivity contribution in [2.45, 2.75) is 31.1 Å². The van der Waals surface area contributed by atoms with Crippen LogP contribution in [-0.4, -0.2) is 43.2 Å². The Labute approximate surface area is 94.6 Å². The molecule has 88 valence electrons. The number of aliphatic imine (C=N–C) groups is 1. The van der Waals surface area contributed by atoms with E-state index < -0.39 is 15.3 Å². The summed E-state index contributed by atoms with van der Waals surface area (Å²) in [7, 11) is -3.52. The van der Waals surface area contributed by atoms with Crippen LogP contribution in [0.4, 0.5) is 0 Å². The summed E-state index contributed by atoms with van der Waals surface area (Å²) in [5.74, 6) is 0. The zero-order chi connectivity index (χ0) is 12.2. The molecule has 1 unspecified atom stereocenters. The lowest BCUT2D eigenvalue weighted by Crippen LogP contribution is -2.43. The Morgan fingerprint density at radius 2 is 2.00 bits per heavy atom. The van der Waals surface area contributed by atoms with Crippen LogP contribution in [0.25, 0.3) is 0 Å². The molecule has 0 bridgehead atoms. The van der Waals surface area contributed by atoms with Crippen molar-refractivity contribution >= 4 is 16.1 Å². The minimum atomic E-state index is -3.52. The van der Waals surface area contributed by atoms with Crippen molar-refractivity contribution in [2.24, 2.45) is 4.99 Å². The fourth-order valence-electron chi connectivity index (χ4n) is 1.59. The highest BCUT2D eigenvalue weighted by Crippen LogP contribution is 2.18. The molecule has 0 N–H and O–H groups in total. The molecular formula is C9H13N3O3S. The van der Waals surface area contributed by atoms with E-state index in [9.17, 15) is 13.2 Å². The Hall–Kier alpha value is -1.22. The van der Waals surface area contributed by atoms with Gasteiger partial charge in [0.1, 0.15) is 0 Å². The molecule has 0 aliphatic carbocycles. The summed E-state index contributed by atoms with van der Waals surface area (Å²) in [6.07, 6.45) is 2.49. The number of nitrogens with zero attached hydrogens (tertiary/aromatic N) is 3. The zero-order valence-corrected chi connectivity index (χ0v) is 9.77. The topological polar surface area (TPSA) is 90.6 Å². The van der Waals surface area contributed by atoms with Crippen molar-refractivity contribution in [3.8, 4) is 6.07 Å². The molecule has 1 rings (SSSR count). The maximum absolute atomic E-state index is 11.8. The van der Waals surface area contributed by atoms with Gasteiger partial charge < -0.3 is 0 Å². The Morgan fingerprint density at radius 1 is 1.44 bits per heavy atom. The molecule has 0 saturated carbocycles. The van der Waals surface area contributed by atoms with Gasteiger partial charge >= 0.3 is 0 Å². The minimum Gasteiger partial charge on any atom is -0.211 e. The third-order valence-electron chi connectivity index (χ3n) is 2.65. The van der Waals surface area contributed by atoms with Crippen molar-refractivity contribution < 1.29 is 13.2 Å². The van der Waals surface area contributed by atoms with Crippen molar-refractivity contribution in [3.63, 3.8) is 0 Å². The average molecular weight is 243 g/mol. The molecule has 1 aliphatic heterocycles. The average Bonchev–Trinajstić information content (AvgIpc) is 2.29. The molecule has 1 fully saturated rings. The van der Waals surface area contributed by atoms with E-state index in [-0.39, 0.29) is 6.04 Å². The first-order valence-corrected chi connectivity index (χ1v) is 6.48. The van der Waals surface area contributed by atoms with Gasteiger partial charge in [-0.05, 0) is 19.8 Å². The summed E-state index contributed by atoms with van der Waals surface area (Å²) in [4.78, 5) is 13.6. The maximum Gasteiger partial charge on any atom is 0.235 e. The van der Waals surface area contributed by atoms with E-state index in [1.165, 1.54) is 17.3 Å². The number of nitriles is 1. The fraction of sp³-hybridized carbons (Fsp3) is 0.778. The molecule has 1 saturated heterocycles.